The monoisotopic (exact) mass is 807 g/mol. The molecule has 1 saturated carbocycles. The van der Waals surface area contributed by atoms with Gasteiger partial charge in [0, 0.05) is 41.3 Å². The van der Waals surface area contributed by atoms with Gasteiger partial charge >= 0.3 is 6.09 Å². The number of hydrogen-bond donors (Lipinski definition) is 1. The van der Waals surface area contributed by atoms with Crippen LogP contribution in [0.4, 0.5) is 9.18 Å². The van der Waals surface area contributed by atoms with Crippen molar-refractivity contribution in [3.63, 3.8) is 0 Å². The molecule has 266 valence electrons. The van der Waals surface area contributed by atoms with Crippen LogP contribution in [-0.2, 0) is 16.1 Å². The minimum Gasteiger partial charge on any atom is -0.490 e. The van der Waals surface area contributed by atoms with Crippen LogP contribution in [0.5, 0.6) is 11.5 Å². The largest absolute Gasteiger partial charge is 0.490 e. The summed E-state index contributed by atoms with van der Waals surface area (Å²) in [6, 6.07) is 20.6. The first kappa shape index (κ1) is 36.8. The maximum Gasteiger partial charge on any atom is 0.411 e. The summed E-state index contributed by atoms with van der Waals surface area (Å²) in [4.78, 5) is 32.0. The van der Waals surface area contributed by atoms with Crippen molar-refractivity contribution in [3.05, 3.63) is 99.8 Å². The Kier molecular flexibility index (Phi) is 11.2. The maximum atomic E-state index is 14.9. The fourth-order valence-corrected chi connectivity index (χ4v) is 6.65. The molecule has 2 aliphatic heterocycles. The molecule has 1 aliphatic carbocycles. The number of fused-ring (bicyclic) bond motifs is 2. The normalized spacial score (nSPS) is 19.2. The summed E-state index contributed by atoms with van der Waals surface area (Å²) >= 11 is 21.9. The molecule has 0 radical (unpaired) electrons. The third-order valence-corrected chi connectivity index (χ3v) is 11.1. The number of ether oxygens (including phenoxy) is 3. The zero-order chi connectivity index (χ0) is 35.6. The number of alkyl halides is 3. The van der Waals surface area contributed by atoms with Gasteiger partial charge in [-0.15, -0.1) is 0 Å². The van der Waals surface area contributed by atoms with Crippen LogP contribution in [0.2, 0.25) is 0 Å². The van der Waals surface area contributed by atoms with Gasteiger partial charge in [0.05, 0.1) is 12.1 Å². The standard InChI is InChI=1S/C37H38BrCl3FN3O5/c1-36(2,37(39,40)41)50-35(47)45-27-19-30(23-7-13-28(14-8-23)48-17-18-49-29-15-9-25(38)10-16-29)33(32(45)21-43-20-27)34(46)44(26-11-12-26)22-24-5-3-4-6-31(24)42/h3-10,13-16,26-27,32,43H,11-12,17-22H2,1-2H3. The predicted molar refractivity (Wildman–Crippen MR) is 196 cm³/mol. The summed E-state index contributed by atoms with van der Waals surface area (Å²) in [7, 11) is 0. The van der Waals surface area contributed by atoms with Crippen molar-refractivity contribution < 1.29 is 28.2 Å². The number of rotatable bonds is 11. The second kappa shape index (κ2) is 15.3. The number of amides is 2. The first-order valence-corrected chi connectivity index (χ1v) is 18.4. The smallest absolute Gasteiger partial charge is 0.411 e. The Morgan fingerprint density at radius 1 is 0.940 bits per heavy atom. The molecule has 8 nitrogen and oxygen atoms in total. The minimum absolute atomic E-state index is 0.0377. The van der Waals surface area contributed by atoms with Crippen LogP contribution < -0.4 is 14.8 Å². The van der Waals surface area contributed by atoms with E-state index in [9.17, 15) is 14.0 Å². The predicted octanol–water partition coefficient (Wildman–Crippen LogP) is 8.32. The quantitative estimate of drug-likeness (QED) is 0.155. The van der Waals surface area contributed by atoms with Gasteiger partial charge in [0.15, 0.2) is 5.60 Å². The van der Waals surface area contributed by atoms with E-state index in [1.165, 1.54) is 19.9 Å². The first-order chi connectivity index (χ1) is 23.8. The number of hydrogen-bond acceptors (Lipinski definition) is 6. The molecule has 13 heteroatoms. The van der Waals surface area contributed by atoms with E-state index in [0.717, 1.165) is 34.2 Å². The Balaban J connectivity index is 1.29. The van der Waals surface area contributed by atoms with Crippen molar-refractivity contribution in [2.45, 2.75) is 67.2 Å². The van der Waals surface area contributed by atoms with E-state index in [1.807, 2.05) is 48.5 Å². The Bertz CT molecular complexity index is 1730. The molecular weight excluding hydrogens is 772 g/mol. The second-order valence-corrected chi connectivity index (χ2v) is 16.3. The van der Waals surface area contributed by atoms with Crippen LogP contribution in [-0.4, -0.2) is 75.6 Å². The highest BCUT2D eigenvalue weighted by Crippen LogP contribution is 2.43. The molecule has 3 aromatic rings. The molecule has 2 unspecified atom stereocenters. The summed E-state index contributed by atoms with van der Waals surface area (Å²) in [6.07, 6.45) is 1.32. The van der Waals surface area contributed by atoms with Crippen LogP contribution in [0.15, 0.2) is 82.8 Å². The van der Waals surface area contributed by atoms with Crippen molar-refractivity contribution in [1.29, 1.82) is 0 Å². The van der Waals surface area contributed by atoms with E-state index in [0.29, 0.717) is 49.6 Å². The van der Waals surface area contributed by atoms with Crippen molar-refractivity contribution in [1.82, 2.24) is 15.1 Å². The van der Waals surface area contributed by atoms with Gasteiger partial charge in [0.2, 0.25) is 3.79 Å². The zero-order valence-electron chi connectivity index (χ0n) is 27.6. The highest BCUT2D eigenvalue weighted by molar-refractivity contribution is 9.10. The molecule has 3 aliphatic rings. The lowest BCUT2D eigenvalue weighted by atomic mass is 9.82. The Labute approximate surface area is 314 Å². The zero-order valence-corrected chi connectivity index (χ0v) is 31.5. The lowest BCUT2D eigenvalue weighted by molar-refractivity contribution is -0.129. The van der Waals surface area contributed by atoms with Gasteiger partial charge in [-0.05, 0) is 86.7 Å². The van der Waals surface area contributed by atoms with E-state index in [4.69, 9.17) is 49.0 Å². The molecule has 6 rings (SSSR count). The van der Waals surface area contributed by atoms with Gasteiger partial charge < -0.3 is 24.4 Å². The highest BCUT2D eigenvalue weighted by atomic mass is 79.9. The summed E-state index contributed by atoms with van der Waals surface area (Å²) < 4.78 is 31.5. The van der Waals surface area contributed by atoms with Gasteiger partial charge in [-0.2, -0.15) is 0 Å². The topological polar surface area (TPSA) is 80.3 Å². The molecule has 2 amide bonds. The molecule has 1 saturated heterocycles. The molecule has 2 bridgehead atoms. The van der Waals surface area contributed by atoms with Gasteiger partial charge in [-0.25, -0.2) is 9.18 Å². The number of halogens is 5. The first-order valence-electron chi connectivity index (χ1n) is 16.5. The summed E-state index contributed by atoms with van der Waals surface area (Å²) in [5, 5.41) is 3.39. The van der Waals surface area contributed by atoms with Crippen LogP contribution in [0.1, 0.15) is 44.2 Å². The van der Waals surface area contributed by atoms with Crippen LogP contribution in [0.25, 0.3) is 5.57 Å². The van der Waals surface area contributed by atoms with E-state index in [1.54, 1.807) is 28.0 Å². The molecule has 2 fully saturated rings. The SMILES string of the molecule is CC(C)(OC(=O)N1C2CNCC1C(C(=O)N(Cc1ccccc1F)C1CC1)=C(c1ccc(OCCOc3ccc(Br)cc3)cc1)C2)C(Cl)(Cl)Cl. The third kappa shape index (κ3) is 8.37. The highest BCUT2D eigenvalue weighted by Gasteiger charge is 2.50. The van der Waals surface area contributed by atoms with Crippen molar-refractivity contribution in [2.75, 3.05) is 26.3 Å². The molecule has 0 spiro atoms. The number of carbonyl (C=O) groups is 2. The van der Waals surface area contributed by atoms with Crippen LogP contribution >= 0.6 is 50.7 Å². The van der Waals surface area contributed by atoms with Gasteiger partial charge in [0.1, 0.15) is 30.5 Å². The third-order valence-electron chi connectivity index (χ3n) is 9.20. The van der Waals surface area contributed by atoms with Crippen LogP contribution in [0, 0.1) is 5.82 Å². The number of nitrogens with one attached hydrogen (secondary N) is 1. The number of nitrogens with zero attached hydrogens (tertiary/aromatic N) is 2. The number of carbonyl (C=O) groups excluding carboxylic acids is 2. The van der Waals surface area contributed by atoms with Crippen molar-refractivity contribution >= 4 is 68.3 Å². The van der Waals surface area contributed by atoms with Crippen molar-refractivity contribution in [2.24, 2.45) is 0 Å². The molecule has 3 aromatic carbocycles. The fourth-order valence-electron chi connectivity index (χ4n) is 6.27. The Morgan fingerprint density at radius 3 is 2.16 bits per heavy atom. The Hall–Kier alpha value is -3.02. The molecule has 1 N–H and O–H groups in total. The Morgan fingerprint density at radius 2 is 1.56 bits per heavy atom. The minimum atomic E-state index is -1.89. The fraction of sp³-hybridized carbons (Fsp3) is 0.405. The molecule has 2 heterocycles. The van der Waals surface area contributed by atoms with E-state index >= 15 is 0 Å². The molecule has 0 aromatic heterocycles. The summed E-state index contributed by atoms with van der Waals surface area (Å²) in [5.74, 6) is 0.775. The lowest BCUT2D eigenvalue weighted by Crippen LogP contribution is -2.64. The second-order valence-electron chi connectivity index (χ2n) is 13.1. The molecule has 2 atom stereocenters. The van der Waals surface area contributed by atoms with E-state index in [2.05, 4.69) is 21.2 Å². The average Bonchev–Trinajstić information content (AvgIpc) is 3.91. The van der Waals surface area contributed by atoms with E-state index in [-0.39, 0.29) is 30.4 Å². The van der Waals surface area contributed by atoms with Gasteiger partial charge in [-0.1, -0.05) is 81.1 Å². The summed E-state index contributed by atoms with van der Waals surface area (Å²) in [6.45, 7) is 4.66. The molecular formula is C37H38BrCl3FN3O5. The molecule has 50 heavy (non-hydrogen) atoms. The summed E-state index contributed by atoms with van der Waals surface area (Å²) in [5.41, 5.74) is 1.09. The number of piperazine rings is 1. The lowest BCUT2D eigenvalue weighted by Gasteiger charge is -2.48. The number of benzene rings is 3. The van der Waals surface area contributed by atoms with Crippen LogP contribution in [0.3, 0.4) is 0 Å². The maximum absolute atomic E-state index is 14.9. The van der Waals surface area contributed by atoms with Gasteiger partial charge in [0.25, 0.3) is 5.91 Å². The van der Waals surface area contributed by atoms with Crippen molar-refractivity contribution in [3.8, 4) is 11.5 Å². The van der Waals surface area contributed by atoms with E-state index < -0.39 is 21.5 Å². The van der Waals surface area contributed by atoms with Gasteiger partial charge in [-0.3, -0.25) is 9.69 Å². The average molecular weight is 810 g/mol.